The van der Waals surface area contributed by atoms with Gasteiger partial charge in [-0.2, -0.15) is 4.39 Å². The Bertz CT molecular complexity index is 599. The molecule has 0 spiro atoms. The van der Waals surface area contributed by atoms with E-state index >= 15 is 0 Å². The van der Waals surface area contributed by atoms with Crippen molar-refractivity contribution in [1.29, 1.82) is 0 Å². The Morgan fingerprint density at radius 3 is 2.79 bits per heavy atom. The summed E-state index contributed by atoms with van der Waals surface area (Å²) in [5, 5.41) is 13.6. The van der Waals surface area contributed by atoms with Gasteiger partial charge in [0.2, 0.25) is 15.8 Å². The maximum Gasteiger partial charge on any atom is 0.306 e. The molecule has 0 saturated carbocycles. The summed E-state index contributed by atoms with van der Waals surface area (Å²) in [6.45, 7) is 1.21. The fourth-order valence-corrected chi connectivity index (χ4v) is 3.13. The van der Waals surface area contributed by atoms with Crippen molar-refractivity contribution in [3.63, 3.8) is 0 Å². The summed E-state index contributed by atoms with van der Waals surface area (Å²) >= 11 is 0. The van der Waals surface area contributed by atoms with Gasteiger partial charge in [-0.05, 0) is 25.1 Å². The van der Waals surface area contributed by atoms with Crippen LogP contribution in [0.3, 0.4) is 0 Å². The van der Waals surface area contributed by atoms with Crippen molar-refractivity contribution in [2.45, 2.75) is 17.4 Å². The first-order valence-corrected chi connectivity index (χ1v) is 7.05. The third-order valence-corrected chi connectivity index (χ3v) is 4.32. The number of rotatable bonds is 4. The first-order valence-electron chi connectivity index (χ1n) is 5.57. The van der Waals surface area contributed by atoms with Crippen LogP contribution >= 0.6 is 0 Å². The summed E-state index contributed by atoms with van der Waals surface area (Å²) in [4.78, 5) is 9.32. The van der Waals surface area contributed by atoms with E-state index in [2.05, 4.69) is 10.0 Å². The van der Waals surface area contributed by atoms with Crippen LogP contribution in [0.4, 0.5) is 10.1 Å². The van der Waals surface area contributed by atoms with Crippen LogP contribution in [0.1, 0.15) is 6.42 Å². The zero-order chi connectivity index (χ0) is 14.0. The van der Waals surface area contributed by atoms with E-state index in [0.717, 1.165) is 18.2 Å². The van der Waals surface area contributed by atoms with Gasteiger partial charge in [0, 0.05) is 18.7 Å². The maximum atomic E-state index is 13.1. The van der Waals surface area contributed by atoms with E-state index in [4.69, 9.17) is 0 Å². The predicted molar refractivity (Wildman–Crippen MR) is 64.7 cm³/mol. The second-order valence-corrected chi connectivity index (χ2v) is 5.90. The van der Waals surface area contributed by atoms with Crippen LogP contribution in [0.2, 0.25) is 0 Å². The van der Waals surface area contributed by atoms with E-state index in [1.165, 1.54) is 0 Å². The molecule has 0 unspecified atom stereocenters. The molecule has 1 aliphatic rings. The molecule has 1 aromatic carbocycles. The lowest BCUT2D eigenvalue weighted by Crippen LogP contribution is -2.36. The topological polar surface area (TPSA) is 101 Å². The number of nitrogens with one attached hydrogen (secondary N) is 2. The second-order valence-electron chi connectivity index (χ2n) is 4.18. The summed E-state index contributed by atoms with van der Waals surface area (Å²) in [5.74, 6) is -1.06. The molecule has 0 bridgehead atoms. The Hall–Kier alpha value is -1.58. The minimum atomic E-state index is -3.88. The van der Waals surface area contributed by atoms with Crippen molar-refractivity contribution in [3.8, 4) is 0 Å². The van der Waals surface area contributed by atoms with Gasteiger partial charge in [-0.25, -0.2) is 13.1 Å². The predicted octanol–water partition coefficient (Wildman–Crippen LogP) is 0.374. The number of nitro groups is 1. The summed E-state index contributed by atoms with van der Waals surface area (Å²) < 4.78 is 39.5. The van der Waals surface area contributed by atoms with Gasteiger partial charge in [-0.15, -0.1) is 0 Å². The normalized spacial score (nSPS) is 19.5. The molecule has 0 aliphatic carbocycles. The standard InChI is InChI=1S/C10H12FN3O4S/c11-9-2-1-8(5-10(9)14(15)16)19(17,18)13-7-3-4-12-6-7/h1-2,5,7,12-13H,3-4,6H2/t7-/m1/s1. The van der Waals surface area contributed by atoms with Crippen molar-refractivity contribution in [3.05, 3.63) is 34.1 Å². The van der Waals surface area contributed by atoms with E-state index < -0.39 is 26.5 Å². The van der Waals surface area contributed by atoms with Crippen molar-refractivity contribution >= 4 is 15.7 Å². The van der Waals surface area contributed by atoms with E-state index in [1.807, 2.05) is 0 Å². The molecule has 9 heteroatoms. The lowest BCUT2D eigenvalue weighted by atomic mass is 10.3. The molecule has 2 rings (SSSR count). The first-order chi connectivity index (χ1) is 8.90. The third kappa shape index (κ3) is 3.06. The number of sulfonamides is 1. The molecule has 1 aliphatic heterocycles. The van der Waals surface area contributed by atoms with Crippen molar-refractivity contribution in [1.82, 2.24) is 10.0 Å². The van der Waals surface area contributed by atoms with Gasteiger partial charge in [0.15, 0.2) is 0 Å². The van der Waals surface area contributed by atoms with E-state index in [1.54, 1.807) is 0 Å². The summed E-state index contributed by atoms with van der Waals surface area (Å²) in [6, 6.07) is 2.25. The van der Waals surface area contributed by atoms with Crippen LogP contribution in [0.5, 0.6) is 0 Å². The molecule has 0 amide bonds. The minimum Gasteiger partial charge on any atom is -0.315 e. The van der Waals surface area contributed by atoms with E-state index in [9.17, 15) is 22.9 Å². The molecule has 104 valence electrons. The average Bonchev–Trinajstić information content (AvgIpc) is 2.80. The molecule has 2 N–H and O–H groups in total. The minimum absolute atomic E-state index is 0.255. The maximum absolute atomic E-state index is 13.1. The molecular formula is C10H12FN3O4S. The lowest BCUT2D eigenvalue weighted by molar-refractivity contribution is -0.387. The highest BCUT2D eigenvalue weighted by molar-refractivity contribution is 7.89. The quantitative estimate of drug-likeness (QED) is 0.616. The highest BCUT2D eigenvalue weighted by atomic mass is 32.2. The smallest absolute Gasteiger partial charge is 0.306 e. The SMILES string of the molecule is O=[N+]([O-])c1cc(S(=O)(=O)N[C@@H]2CCNC2)ccc1F. The van der Waals surface area contributed by atoms with Gasteiger partial charge in [0.25, 0.3) is 0 Å². The molecule has 1 heterocycles. The molecule has 7 nitrogen and oxygen atoms in total. The highest BCUT2D eigenvalue weighted by Crippen LogP contribution is 2.21. The van der Waals surface area contributed by atoms with E-state index in [0.29, 0.717) is 19.5 Å². The zero-order valence-electron chi connectivity index (χ0n) is 9.80. The second kappa shape index (κ2) is 5.19. The van der Waals surface area contributed by atoms with Crippen LogP contribution in [0, 0.1) is 15.9 Å². The van der Waals surface area contributed by atoms with Gasteiger partial charge in [-0.1, -0.05) is 0 Å². The molecule has 1 aromatic rings. The highest BCUT2D eigenvalue weighted by Gasteiger charge is 2.25. The van der Waals surface area contributed by atoms with Crippen molar-refractivity contribution in [2.24, 2.45) is 0 Å². The number of hydrogen-bond donors (Lipinski definition) is 2. The Morgan fingerprint density at radius 2 is 2.21 bits per heavy atom. The van der Waals surface area contributed by atoms with Crippen LogP contribution in [0.25, 0.3) is 0 Å². The molecule has 0 aromatic heterocycles. The zero-order valence-corrected chi connectivity index (χ0v) is 10.6. The Labute approximate surface area is 109 Å². The lowest BCUT2D eigenvalue weighted by Gasteiger charge is -2.11. The van der Waals surface area contributed by atoms with Crippen LogP contribution in [-0.2, 0) is 10.0 Å². The number of hydrogen-bond acceptors (Lipinski definition) is 5. The van der Waals surface area contributed by atoms with Crippen molar-refractivity contribution in [2.75, 3.05) is 13.1 Å². The molecular weight excluding hydrogens is 277 g/mol. The summed E-state index contributed by atoms with van der Waals surface area (Å²) in [6.07, 6.45) is 0.641. The number of nitrogens with zero attached hydrogens (tertiary/aromatic N) is 1. The van der Waals surface area contributed by atoms with E-state index in [-0.39, 0.29) is 10.9 Å². The van der Waals surface area contributed by atoms with Gasteiger partial charge in [0.05, 0.1) is 9.82 Å². The van der Waals surface area contributed by atoms with Gasteiger partial charge >= 0.3 is 5.69 Å². The fourth-order valence-electron chi connectivity index (χ4n) is 1.84. The van der Waals surface area contributed by atoms with Crippen LogP contribution in [0.15, 0.2) is 23.1 Å². The first kappa shape index (κ1) is 13.8. The monoisotopic (exact) mass is 289 g/mol. The Balaban J connectivity index is 2.29. The van der Waals surface area contributed by atoms with Crippen LogP contribution < -0.4 is 10.0 Å². The number of halogens is 1. The molecule has 0 radical (unpaired) electrons. The molecule has 19 heavy (non-hydrogen) atoms. The van der Waals surface area contributed by atoms with Gasteiger partial charge < -0.3 is 5.32 Å². The summed E-state index contributed by atoms with van der Waals surface area (Å²) in [7, 11) is -3.88. The number of benzene rings is 1. The Morgan fingerprint density at radius 1 is 1.47 bits per heavy atom. The van der Waals surface area contributed by atoms with Gasteiger partial charge in [-0.3, -0.25) is 10.1 Å². The van der Waals surface area contributed by atoms with Crippen molar-refractivity contribution < 1.29 is 17.7 Å². The molecule has 1 atom stereocenters. The van der Waals surface area contributed by atoms with Crippen LogP contribution in [-0.4, -0.2) is 32.5 Å². The fraction of sp³-hybridized carbons (Fsp3) is 0.400. The average molecular weight is 289 g/mol. The largest absolute Gasteiger partial charge is 0.315 e. The molecule has 1 saturated heterocycles. The number of nitro benzene ring substituents is 1. The summed E-state index contributed by atoms with van der Waals surface area (Å²) in [5.41, 5.74) is -0.854. The van der Waals surface area contributed by atoms with Gasteiger partial charge in [0.1, 0.15) is 0 Å². The Kier molecular flexibility index (Phi) is 3.78. The third-order valence-electron chi connectivity index (χ3n) is 2.81. The molecule has 1 fully saturated rings.